The molecular weight excluding hydrogens is 337 g/mol. The third kappa shape index (κ3) is 3.38. The molecular formula is C17H15F3N2O3. The minimum absolute atomic E-state index is 0.144. The average molecular weight is 352 g/mol. The van der Waals surface area contributed by atoms with E-state index in [-0.39, 0.29) is 18.1 Å². The van der Waals surface area contributed by atoms with E-state index in [0.29, 0.717) is 18.2 Å². The summed E-state index contributed by atoms with van der Waals surface area (Å²) in [4.78, 5) is 12.1. The number of aromatic nitrogens is 2. The molecule has 0 unspecified atom stereocenters. The highest BCUT2D eigenvalue weighted by atomic mass is 19.4. The van der Waals surface area contributed by atoms with Crippen molar-refractivity contribution in [3.8, 4) is 0 Å². The van der Waals surface area contributed by atoms with Crippen LogP contribution in [0.4, 0.5) is 13.2 Å². The number of rotatable bonds is 5. The first kappa shape index (κ1) is 16.1. The number of hydrogen-bond acceptors (Lipinski definition) is 5. The lowest BCUT2D eigenvalue weighted by molar-refractivity contribution is -0.147. The van der Waals surface area contributed by atoms with E-state index in [1.54, 1.807) is 6.07 Å². The molecule has 2 aliphatic rings. The molecule has 2 fully saturated rings. The number of carbonyl (C=O) groups is 1. The quantitative estimate of drug-likeness (QED) is 0.766. The molecule has 0 amide bonds. The van der Waals surface area contributed by atoms with Crippen LogP contribution in [0.25, 0.3) is 0 Å². The van der Waals surface area contributed by atoms with Gasteiger partial charge in [0.15, 0.2) is 6.61 Å². The van der Waals surface area contributed by atoms with Gasteiger partial charge in [0.05, 0.1) is 11.5 Å². The lowest BCUT2D eigenvalue weighted by Crippen LogP contribution is -2.11. The van der Waals surface area contributed by atoms with Gasteiger partial charge in [-0.2, -0.15) is 13.2 Å². The highest BCUT2D eigenvalue weighted by molar-refractivity contribution is 5.77. The predicted octanol–water partition coefficient (Wildman–Crippen LogP) is 3.81. The SMILES string of the molecule is O=C(OCc1nnc(C2CC2)o1)[C@H]1C[C@H]1c1ccccc1C(F)(F)F. The Morgan fingerprint density at radius 2 is 2.00 bits per heavy atom. The summed E-state index contributed by atoms with van der Waals surface area (Å²) in [5.74, 6) is -0.487. The van der Waals surface area contributed by atoms with Crippen LogP contribution in [0.5, 0.6) is 0 Å². The Morgan fingerprint density at radius 1 is 1.24 bits per heavy atom. The molecule has 0 spiro atoms. The summed E-state index contributed by atoms with van der Waals surface area (Å²) >= 11 is 0. The van der Waals surface area contributed by atoms with Crippen molar-refractivity contribution >= 4 is 5.97 Å². The summed E-state index contributed by atoms with van der Waals surface area (Å²) in [6.45, 7) is -0.150. The second-order valence-corrected chi connectivity index (χ2v) is 6.45. The fourth-order valence-electron chi connectivity index (χ4n) is 2.94. The maximum Gasteiger partial charge on any atom is 0.416 e. The zero-order valence-electron chi connectivity index (χ0n) is 13.1. The van der Waals surface area contributed by atoms with Gasteiger partial charge in [-0.25, -0.2) is 0 Å². The monoisotopic (exact) mass is 352 g/mol. The van der Waals surface area contributed by atoms with Crippen LogP contribution in [0, 0.1) is 5.92 Å². The van der Waals surface area contributed by atoms with Gasteiger partial charge in [-0.1, -0.05) is 18.2 Å². The lowest BCUT2D eigenvalue weighted by Gasteiger charge is -2.12. The molecule has 4 rings (SSSR count). The molecule has 5 nitrogen and oxygen atoms in total. The van der Waals surface area contributed by atoms with Gasteiger partial charge in [0.25, 0.3) is 5.89 Å². The largest absolute Gasteiger partial charge is 0.455 e. The van der Waals surface area contributed by atoms with Crippen molar-refractivity contribution in [3.63, 3.8) is 0 Å². The summed E-state index contributed by atoms with van der Waals surface area (Å²) < 4.78 is 49.7. The fourth-order valence-corrected chi connectivity index (χ4v) is 2.94. The Bertz CT molecular complexity index is 798. The number of nitrogens with zero attached hydrogens (tertiary/aromatic N) is 2. The zero-order valence-corrected chi connectivity index (χ0v) is 13.1. The zero-order chi connectivity index (χ0) is 17.6. The minimum Gasteiger partial charge on any atom is -0.455 e. The number of carbonyl (C=O) groups excluding carboxylic acids is 1. The normalized spacial score (nSPS) is 22.7. The Morgan fingerprint density at radius 3 is 2.72 bits per heavy atom. The second kappa shape index (κ2) is 5.86. The lowest BCUT2D eigenvalue weighted by atomic mass is 10.0. The first-order chi connectivity index (χ1) is 11.9. The molecule has 0 N–H and O–H groups in total. The van der Waals surface area contributed by atoms with Crippen LogP contribution >= 0.6 is 0 Å². The molecule has 2 atom stereocenters. The van der Waals surface area contributed by atoms with E-state index in [1.807, 2.05) is 0 Å². The number of alkyl halides is 3. The van der Waals surface area contributed by atoms with Crippen molar-refractivity contribution in [1.82, 2.24) is 10.2 Å². The van der Waals surface area contributed by atoms with Crippen LogP contribution in [-0.2, 0) is 22.3 Å². The van der Waals surface area contributed by atoms with Gasteiger partial charge in [0.2, 0.25) is 5.89 Å². The summed E-state index contributed by atoms with van der Waals surface area (Å²) in [5, 5.41) is 7.69. The van der Waals surface area contributed by atoms with Crippen molar-refractivity contribution in [1.29, 1.82) is 0 Å². The number of esters is 1. The van der Waals surface area contributed by atoms with Crippen LogP contribution in [0.2, 0.25) is 0 Å². The van der Waals surface area contributed by atoms with E-state index in [0.717, 1.165) is 18.9 Å². The van der Waals surface area contributed by atoms with Crippen molar-refractivity contribution in [2.24, 2.45) is 5.92 Å². The topological polar surface area (TPSA) is 65.2 Å². The van der Waals surface area contributed by atoms with E-state index in [4.69, 9.17) is 9.15 Å². The molecule has 0 saturated heterocycles. The molecule has 0 aliphatic heterocycles. The molecule has 1 aromatic carbocycles. The second-order valence-electron chi connectivity index (χ2n) is 6.45. The molecule has 8 heteroatoms. The van der Waals surface area contributed by atoms with Crippen LogP contribution in [0.3, 0.4) is 0 Å². The first-order valence-corrected chi connectivity index (χ1v) is 8.08. The third-order valence-corrected chi connectivity index (χ3v) is 4.51. The first-order valence-electron chi connectivity index (χ1n) is 8.08. The molecule has 132 valence electrons. The molecule has 0 radical (unpaired) electrons. The van der Waals surface area contributed by atoms with Crippen LogP contribution in [0.15, 0.2) is 28.7 Å². The molecule has 2 saturated carbocycles. The van der Waals surface area contributed by atoms with E-state index in [2.05, 4.69) is 10.2 Å². The van der Waals surface area contributed by atoms with Crippen LogP contribution < -0.4 is 0 Å². The Balaban J connectivity index is 1.37. The molecule has 0 bridgehead atoms. The summed E-state index contributed by atoms with van der Waals surface area (Å²) in [6, 6.07) is 5.34. The molecule has 25 heavy (non-hydrogen) atoms. The van der Waals surface area contributed by atoms with Gasteiger partial charge >= 0.3 is 12.1 Å². The van der Waals surface area contributed by atoms with E-state index < -0.39 is 29.5 Å². The number of benzene rings is 1. The Labute approximate surface area is 141 Å². The van der Waals surface area contributed by atoms with Crippen LogP contribution in [-0.4, -0.2) is 16.2 Å². The predicted molar refractivity (Wildman–Crippen MR) is 78.4 cm³/mol. The summed E-state index contributed by atoms with van der Waals surface area (Å²) in [6.07, 6.45) is -2.05. The Hall–Kier alpha value is -2.38. The summed E-state index contributed by atoms with van der Waals surface area (Å²) in [7, 11) is 0. The smallest absolute Gasteiger partial charge is 0.416 e. The van der Waals surface area contributed by atoms with E-state index in [9.17, 15) is 18.0 Å². The van der Waals surface area contributed by atoms with Gasteiger partial charge in [-0.05, 0) is 36.8 Å². The van der Waals surface area contributed by atoms with Crippen molar-refractivity contribution < 1.29 is 27.1 Å². The van der Waals surface area contributed by atoms with E-state index in [1.165, 1.54) is 12.1 Å². The van der Waals surface area contributed by atoms with E-state index >= 15 is 0 Å². The molecule has 2 aliphatic carbocycles. The number of hydrogen-bond donors (Lipinski definition) is 0. The molecule has 2 aromatic rings. The van der Waals surface area contributed by atoms with Crippen LogP contribution in [0.1, 0.15) is 54.0 Å². The standard InChI is InChI=1S/C17H15F3N2O3/c18-17(19,20)13-4-2-1-3-10(13)11-7-12(11)16(23)24-8-14-21-22-15(25-14)9-5-6-9/h1-4,9,11-12H,5-8H2/t11-,12-/m0/s1. The fraction of sp³-hybridized carbons (Fsp3) is 0.471. The number of halogens is 3. The van der Waals surface area contributed by atoms with Gasteiger partial charge in [-0.15, -0.1) is 10.2 Å². The van der Waals surface area contributed by atoms with Gasteiger partial charge in [0, 0.05) is 5.92 Å². The average Bonchev–Trinajstić information content (AvgIpc) is 3.50. The van der Waals surface area contributed by atoms with Gasteiger partial charge in [-0.3, -0.25) is 4.79 Å². The third-order valence-electron chi connectivity index (χ3n) is 4.51. The highest BCUT2D eigenvalue weighted by Gasteiger charge is 2.48. The maximum absolute atomic E-state index is 13.1. The highest BCUT2D eigenvalue weighted by Crippen LogP contribution is 2.51. The molecule has 1 heterocycles. The minimum atomic E-state index is -4.43. The number of ether oxygens (including phenoxy) is 1. The Kier molecular flexibility index (Phi) is 3.77. The maximum atomic E-state index is 13.1. The van der Waals surface area contributed by atoms with Crippen molar-refractivity contribution in [3.05, 3.63) is 47.2 Å². The van der Waals surface area contributed by atoms with Gasteiger partial charge in [0.1, 0.15) is 0 Å². The summed E-state index contributed by atoms with van der Waals surface area (Å²) in [5.41, 5.74) is -0.549. The van der Waals surface area contributed by atoms with Crippen molar-refractivity contribution in [2.75, 3.05) is 0 Å². The van der Waals surface area contributed by atoms with Crippen molar-refractivity contribution in [2.45, 2.75) is 43.9 Å². The molecule has 1 aromatic heterocycles. The van der Waals surface area contributed by atoms with Gasteiger partial charge < -0.3 is 9.15 Å².